The number of aromatic nitrogens is 2. The number of anilines is 1. The monoisotopic (exact) mass is 820 g/mol. The molecule has 3 saturated carbocycles. The van der Waals surface area contributed by atoms with Crippen LogP contribution in [0.5, 0.6) is 11.5 Å². The molecule has 0 radical (unpaired) electrons. The van der Waals surface area contributed by atoms with Crippen molar-refractivity contribution in [2.45, 2.75) is 116 Å². The van der Waals surface area contributed by atoms with Crippen LogP contribution in [0.25, 0.3) is 22.3 Å². The van der Waals surface area contributed by atoms with Gasteiger partial charge in [-0.2, -0.15) is 0 Å². The molecule has 58 heavy (non-hydrogen) atoms. The van der Waals surface area contributed by atoms with Crippen LogP contribution < -0.4 is 25.4 Å². The van der Waals surface area contributed by atoms with E-state index in [2.05, 4.69) is 16.0 Å². The van der Waals surface area contributed by atoms with Crippen LogP contribution in [0.2, 0.25) is 0 Å². The van der Waals surface area contributed by atoms with Crippen LogP contribution in [0.3, 0.4) is 0 Å². The number of thiazole rings is 1. The van der Waals surface area contributed by atoms with Gasteiger partial charge in [-0.15, -0.1) is 11.3 Å². The van der Waals surface area contributed by atoms with Crippen LogP contribution in [-0.4, -0.2) is 107 Å². The molecule has 7 rings (SSSR count). The van der Waals surface area contributed by atoms with Gasteiger partial charge in [0.25, 0.3) is 0 Å². The number of nitrogens with one attached hydrogen (secondary N) is 3. The third kappa shape index (κ3) is 8.97. The third-order valence-corrected chi connectivity index (χ3v) is 12.6. The number of ether oxygens (including phenoxy) is 4. The fourth-order valence-corrected chi connectivity index (χ4v) is 9.32. The average Bonchev–Trinajstić information content (AvgIpc) is 3.83. The lowest BCUT2D eigenvalue weighted by atomic mass is 9.85. The van der Waals surface area contributed by atoms with Crippen LogP contribution in [-0.2, 0) is 23.9 Å². The van der Waals surface area contributed by atoms with Gasteiger partial charge in [0.2, 0.25) is 11.8 Å². The maximum absolute atomic E-state index is 14.7. The average molecular weight is 821 g/mol. The second-order valence-corrected chi connectivity index (χ2v) is 18.5. The highest BCUT2D eigenvalue weighted by Crippen LogP contribution is 2.52. The molecule has 15 nitrogen and oxygen atoms in total. The van der Waals surface area contributed by atoms with Gasteiger partial charge >= 0.3 is 12.1 Å². The number of fused-ring (bicyclic) bond motifs is 2. The molecule has 7 atom stereocenters. The largest absolute Gasteiger partial charge is 0.491 e. The van der Waals surface area contributed by atoms with E-state index in [0.717, 1.165) is 18.0 Å². The highest BCUT2D eigenvalue weighted by molar-refractivity contribution is 7.14. The van der Waals surface area contributed by atoms with Crippen molar-refractivity contribution in [3.8, 4) is 22.9 Å². The van der Waals surface area contributed by atoms with E-state index >= 15 is 0 Å². The van der Waals surface area contributed by atoms with Crippen molar-refractivity contribution < 1.29 is 43.2 Å². The Bertz CT molecular complexity index is 2020. The van der Waals surface area contributed by atoms with Gasteiger partial charge in [-0.25, -0.2) is 19.6 Å². The lowest BCUT2D eigenvalue weighted by Gasteiger charge is -2.35. The number of nitrogens with zero attached hydrogens (tertiary/aromatic N) is 3. The molecule has 3 heterocycles. The normalized spacial score (nSPS) is 26.5. The molecule has 4 N–H and O–H groups in total. The van der Waals surface area contributed by atoms with Gasteiger partial charge in [0.15, 0.2) is 5.13 Å². The predicted octanol–water partition coefficient (Wildman–Crippen LogP) is 5.86. The SMILES string of the molecule is CC[C@@H]1C[C@]1(NC(=O)[C@@H]1C[C@@H](Oc2cc(-c3csc(NC(C)C)n3)nc3cc(OCCOC)ccc23)CN1C(=O)[C@@H](NC(=O)OC1CC2CC2C1)C(C)(C)C)C(=O)O. The maximum Gasteiger partial charge on any atom is 0.408 e. The van der Waals surface area contributed by atoms with Gasteiger partial charge in [0.05, 0.1) is 24.4 Å². The first kappa shape index (κ1) is 41.5. The van der Waals surface area contributed by atoms with Crippen LogP contribution in [0.1, 0.15) is 80.1 Å². The molecule has 3 aliphatic carbocycles. The second-order valence-electron chi connectivity index (χ2n) is 17.6. The Kier molecular flexibility index (Phi) is 11.8. The number of methoxy groups -OCH3 is 1. The zero-order valence-electron chi connectivity index (χ0n) is 34.3. The molecule has 0 spiro atoms. The van der Waals surface area contributed by atoms with Gasteiger partial charge in [-0.3, -0.25) is 9.59 Å². The molecule has 4 aliphatic rings. The summed E-state index contributed by atoms with van der Waals surface area (Å²) >= 11 is 1.46. The van der Waals surface area contributed by atoms with Crippen molar-refractivity contribution in [1.29, 1.82) is 0 Å². The standard InChI is InChI=1S/C42H56N6O9S/c1-8-25-19-42(25,38(51)52)47-36(49)33-17-28(20-48(33)37(50)35(41(4,5)6)46-40(53)57-27-14-23-13-24(23)15-27)56-34-18-31(32-21-58-39(45-32)43-22(2)3)44-30-16-26(9-10-29(30)34)55-12-11-54-7/h9-10,16,18,21-25,27-28,33,35H,8,11-15,17,19-20H2,1-7H3,(H,43,45)(H,46,53)(H,47,49)(H,51,52)/t23?,24?,25-,27?,28-,33+,35-,42-/m1/s1. The summed E-state index contributed by atoms with van der Waals surface area (Å²) in [5.74, 6) is -0.114. The molecule has 1 aromatic carbocycles. The van der Waals surface area contributed by atoms with E-state index in [-0.39, 0.29) is 31.0 Å². The fraction of sp³-hybridized carbons (Fsp3) is 0.619. The number of likely N-dealkylation sites (tertiary alicyclic amines) is 1. The molecule has 1 saturated heterocycles. The first-order valence-corrected chi connectivity index (χ1v) is 21.2. The summed E-state index contributed by atoms with van der Waals surface area (Å²) in [6.07, 6.45) is 2.25. The van der Waals surface area contributed by atoms with E-state index in [4.69, 9.17) is 28.9 Å². The van der Waals surface area contributed by atoms with Gasteiger partial charge in [-0.1, -0.05) is 34.1 Å². The number of alkyl carbamates (subject to hydrolysis) is 1. The second kappa shape index (κ2) is 16.5. The first-order valence-electron chi connectivity index (χ1n) is 20.4. The molecule has 3 aromatic rings. The predicted molar refractivity (Wildman–Crippen MR) is 218 cm³/mol. The summed E-state index contributed by atoms with van der Waals surface area (Å²) in [5, 5.41) is 22.5. The lowest BCUT2D eigenvalue weighted by Crippen LogP contribution is -2.59. The number of hydrogen-bond acceptors (Lipinski definition) is 12. The van der Waals surface area contributed by atoms with Gasteiger partial charge < -0.3 is 44.9 Å². The Morgan fingerprint density at radius 2 is 1.78 bits per heavy atom. The summed E-state index contributed by atoms with van der Waals surface area (Å²) in [4.78, 5) is 65.8. The number of aliphatic carboxylic acids is 1. The van der Waals surface area contributed by atoms with E-state index in [1.54, 1.807) is 13.2 Å². The van der Waals surface area contributed by atoms with Crippen molar-refractivity contribution in [2.24, 2.45) is 23.2 Å². The van der Waals surface area contributed by atoms with Gasteiger partial charge in [0.1, 0.15) is 53.6 Å². The van der Waals surface area contributed by atoms with Crippen molar-refractivity contribution in [2.75, 3.05) is 32.2 Å². The Labute approximate surface area is 342 Å². The molecule has 2 unspecified atom stereocenters. The Morgan fingerprint density at radius 3 is 2.43 bits per heavy atom. The summed E-state index contributed by atoms with van der Waals surface area (Å²) in [7, 11) is 1.61. The number of carbonyl (C=O) groups is 4. The molecule has 314 valence electrons. The minimum absolute atomic E-state index is 0.00000991. The van der Waals surface area contributed by atoms with Gasteiger partial charge in [-0.05, 0) is 74.8 Å². The Hall–Kier alpha value is -4.70. The number of carboxylic acid groups (broad SMARTS) is 1. The quantitative estimate of drug-likeness (QED) is 0.126. The number of rotatable bonds is 16. The van der Waals surface area contributed by atoms with Crippen LogP contribution in [0, 0.1) is 23.2 Å². The molecule has 0 bridgehead atoms. The van der Waals surface area contributed by atoms with E-state index in [0.29, 0.717) is 71.7 Å². The maximum atomic E-state index is 14.7. The number of amides is 3. The fourth-order valence-electron chi connectivity index (χ4n) is 8.46. The summed E-state index contributed by atoms with van der Waals surface area (Å²) in [6.45, 7) is 12.2. The number of hydrogen-bond donors (Lipinski definition) is 4. The van der Waals surface area contributed by atoms with Crippen LogP contribution in [0.15, 0.2) is 29.6 Å². The molecule has 16 heteroatoms. The summed E-state index contributed by atoms with van der Waals surface area (Å²) < 4.78 is 23.6. The van der Waals surface area contributed by atoms with Crippen molar-refractivity contribution in [3.05, 3.63) is 29.6 Å². The number of benzene rings is 1. The summed E-state index contributed by atoms with van der Waals surface area (Å²) in [6, 6.07) is 5.35. The number of carboxylic acids is 1. The van der Waals surface area contributed by atoms with Crippen LogP contribution >= 0.6 is 11.3 Å². The zero-order chi connectivity index (χ0) is 41.5. The van der Waals surface area contributed by atoms with Crippen molar-refractivity contribution in [3.63, 3.8) is 0 Å². The van der Waals surface area contributed by atoms with Crippen LogP contribution in [0.4, 0.5) is 9.93 Å². The molecule has 2 aromatic heterocycles. The van der Waals surface area contributed by atoms with E-state index in [1.165, 1.54) is 22.7 Å². The number of pyridine rings is 1. The zero-order valence-corrected chi connectivity index (χ0v) is 35.1. The Morgan fingerprint density at radius 1 is 1.02 bits per heavy atom. The third-order valence-electron chi connectivity index (χ3n) is 11.8. The highest BCUT2D eigenvalue weighted by atomic mass is 32.1. The van der Waals surface area contributed by atoms with Crippen molar-refractivity contribution in [1.82, 2.24) is 25.5 Å². The van der Waals surface area contributed by atoms with E-state index in [9.17, 15) is 24.3 Å². The number of carbonyl (C=O) groups excluding carboxylic acids is 3. The topological polar surface area (TPSA) is 191 Å². The smallest absolute Gasteiger partial charge is 0.408 e. The molecule has 1 aliphatic heterocycles. The summed E-state index contributed by atoms with van der Waals surface area (Å²) in [5.41, 5.74) is -0.381. The molecule has 3 amide bonds. The lowest BCUT2D eigenvalue weighted by molar-refractivity contribution is -0.146. The van der Waals surface area contributed by atoms with E-state index < -0.39 is 53.0 Å². The Balaban J connectivity index is 1.19. The minimum Gasteiger partial charge on any atom is -0.491 e. The first-order chi connectivity index (χ1) is 27.6. The minimum atomic E-state index is -1.40. The van der Waals surface area contributed by atoms with Crippen molar-refractivity contribution >= 4 is 51.2 Å². The molecular formula is C42H56N6O9S. The molecule has 4 fully saturated rings. The van der Waals surface area contributed by atoms with Gasteiger partial charge in [0, 0.05) is 42.5 Å². The highest BCUT2D eigenvalue weighted by Gasteiger charge is 2.61. The van der Waals surface area contributed by atoms with E-state index in [1.807, 2.05) is 65.1 Å². The molecular weight excluding hydrogens is 765 g/mol.